The van der Waals surface area contributed by atoms with Crippen molar-refractivity contribution in [1.82, 2.24) is 0 Å². The number of nitrogens with zero attached hydrogens (tertiary/aromatic N) is 1. The zero-order chi connectivity index (χ0) is 22.0. The summed E-state index contributed by atoms with van der Waals surface area (Å²) in [4.78, 5) is 15.0. The average molecular weight is 437 g/mol. The number of fused-ring (bicyclic) bond motifs is 1. The van der Waals surface area contributed by atoms with Crippen LogP contribution in [0.4, 0.5) is 11.4 Å². The zero-order valence-electron chi connectivity index (χ0n) is 17.5. The second kappa shape index (κ2) is 8.43. The Hall–Kier alpha value is -3.32. The smallest absolute Gasteiger partial charge is 0.262 e. The molecule has 0 saturated carbocycles. The van der Waals surface area contributed by atoms with Crippen molar-refractivity contribution in [3.63, 3.8) is 0 Å². The molecule has 3 aromatic carbocycles. The van der Waals surface area contributed by atoms with Gasteiger partial charge in [0, 0.05) is 17.8 Å². The van der Waals surface area contributed by atoms with E-state index in [0.29, 0.717) is 29.1 Å². The zero-order valence-corrected chi connectivity index (χ0v) is 18.3. The SMILES string of the molecule is COc1ccc(S(=O)(=O)Nc2ccc3c(c2)N(C(=O)c2ccccc2)CCC3)c(C)c1. The summed E-state index contributed by atoms with van der Waals surface area (Å²) < 4.78 is 33.8. The number of nitrogens with one attached hydrogen (secondary N) is 1. The molecule has 4 rings (SSSR count). The van der Waals surface area contributed by atoms with Crippen LogP contribution in [0.5, 0.6) is 5.75 Å². The molecule has 0 atom stereocenters. The number of anilines is 2. The van der Waals surface area contributed by atoms with Gasteiger partial charge in [-0.3, -0.25) is 9.52 Å². The summed E-state index contributed by atoms with van der Waals surface area (Å²) in [7, 11) is -2.26. The lowest BCUT2D eigenvalue weighted by atomic mass is 10.00. The van der Waals surface area contributed by atoms with Crippen LogP contribution >= 0.6 is 0 Å². The highest BCUT2D eigenvalue weighted by Crippen LogP contribution is 2.32. The van der Waals surface area contributed by atoms with E-state index in [2.05, 4.69) is 4.72 Å². The number of aryl methyl sites for hydroxylation is 2. The molecule has 160 valence electrons. The minimum Gasteiger partial charge on any atom is -0.497 e. The van der Waals surface area contributed by atoms with Crippen LogP contribution in [-0.4, -0.2) is 28.0 Å². The Labute approximate surface area is 182 Å². The Morgan fingerprint density at radius 2 is 1.81 bits per heavy atom. The first-order chi connectivity index (χ1) is 14.9. The summed E-state index contributed by atoms with van der Waals surface area (Å²) in [5, 5.41) is 0. The first-order valence-electron chi connectivity index (χ1n) is 10.1. The van der Waals surface area contributed by atoms with Crippen LogP contribution in [0.2, 0.25) is 0 Å². The van der Waals surface area contributed by atoms with Gasteiger partial charge in [0.1, 0.15) is 5.75 Å². The average Bonchev–Trinajstić information content (AvgIpc) is 2.78. The lowest BCUT2D eigenvalue weighted by molar-refractivity contribution is 0.0985. The summed E-state index contributed by atoms with van der Waals surface area (Å²) >= 11 is 0. The predicted octanol–water partition coefficient (Wildman–Crippen LogP) is 4.40. The van der Waals surface area contributed by atoms with Crippen molar-refractivity contribution in [1.29, 1.82) is 0 Å². The van der Waals surface area contributed by atoms with Gasteiger partial charge in [0.15, 0.2) is 0 Å². The maximum Gasteiger partial charge on any atom is 0.262 e. The minimum atomic E-state index is -3.79. The number of carbonyl (C=O) groups excluding carboxylic acids is 1. The number of ether oxygens (including phenoxy) is 1. The van der Waals surface area contributed by atoms with Gasteiger partial charge in [-0.2, -0.15) is 0 Å². The Kier molecular flexibility index (Phi) is 5.69. The molecule has 0 bridgehead atoms. The van der Waals surface area contributed by atoms with Crippen LogP contribution < -0.4 is 14.4 Å². The normalized spacial score (nSPS) is 13.4. The van der Waals surface area contributed by atoms with Gasteiger partial charge in [-0.25, -0.2) is 8.42 Å². The topological polar surface area (TPSA) is 75.7 Å². The molecule has 0 unspecified atom stereocenters. The van der Waals surface area contributed by atoms with E-state index in [0.717, 1.165) is 24.1 Å². The second-order valence-corrected chi connectivity index (χ2v) is 9.16. The van der Waals surface area contributed by atoms with Gasteiger partial charge in [-0.05, 0) is 73.4 Å². The molecule has 0 radical (unpaired) electrons. The Bertz CT molecular complexity index is 1220. The molecule has 1 aliphatic rings. The Balaban J connectivity index is 1.65. The third-order valence-electron chi connectivity index (χ3n) is 5.39. The number of hydrogen-bond acceptors (Lipinski definition) is 4. The molecule has 1 amide bonds. The Morgan fingerprint density at radius 1 is 1.03 bits per heavy atom. The molecule has 7 heteroatoms. The molecular formula is C24H24N2O4S. The number of benzene rings is 3. The van der Waals surface area contributed by atoms with Gasteiger partial charge in [-0.15, -0.1) is 0 Å². The standard InChI is InChI=1S/C24H24N2O4S/c1-17-15-21(30-2)12-13-23(17)31(28,29)25-20-11-10-18-9-6-14-26(22(18)16-20)24(27)19-7-4-3-5-8-19/h3-5,7-8,10-13,15-16,25H,6,9,14H2,1-2H3. The molecule has 31 heavy (non-hydrogen) atoms. The fourth-order valence-corrected chi connectivity index (χ4v) is 5.12. The molecule has 0 aromatic heterocycles. The number of amides is 1. The van der Waals surface area contributed by atoms with E-state index < -0.39 is 10.0 Å². The van der Waals surface area contributed by atoms with E-state index in [9.17, 15) is 13.2 Å². The van der Waals surface area contributed by atoms with E-state index in [-0.39, 0.29) is 10.8 Å². The van der Waals surface area contributed by atoms with Crippen LogP contribution in [-0.2, 0) is 16.4 Å². The van der Waals surface area contributed by atoms with Gasteiger partial charge < -0.3 is 9.64 Å². The summed E-state index contributed by atoms with van der Waals surface area (Å²) in [5.41, 5.74) is 3.38. The predicted molar refractivity (Wildman–Crippen MR) is 121 cm³/mol. The lowest BCUT2D eigenvalue weighted by Gasteiger charge is -2.30. The number of carbonyl (C=O) groups is 1. The van der Waals surface area contributed by atoms with E-state index >= 15 is 0 Å². The largest absolute Gasteiger partial charge is 0.497 e. The van der Waals surface area contributed by atoms with Crippen molar-refractivity contribution in [2.45, 2.75) is 24.7 Å². The van der Waals surface area contributed by atoms with Gasteiger partial charge in [-0.1, -0.05) is 24.3 Å². The van der Waals surface area contributed by atoms with Gasteiger partial charge >= 0.3 is 0 Å². The van der Waals surface area contributed by atoms with Crippen molar-refractivity contribution in [3.8, 4) is 5.75 Å². The van der Waals surface area contributed by atoms with Gasteiger partial charge in [0.25, 0.3) is 15.9 Å². The fourth-order valence-electron chi connectivity index (χ4n) is 3.85. The van der Waals surface area contributed by atoms with Crippen molar-refractivity contribution in [2.24, 2.45) is 0 Å². The van der Waals surface area contributed by atoms with Crippen LogP contribution in [0, 0.1) is 6.92 Å². The molecule has 6 nitrogen and oxygen atoms in total. The monoisotopic (exact) mass is 436 g/mol. The number of rotatable bonds is 5. The maximum atomic E-state index is 13.1. The molecule has 1 heterocycles. The quantitative estimate of drug-likeness (QED) is 0.643. The molecule has 0 spiro atoms. The van der Waals surface area contributed by atoms with Crippen LogP contribution in [0.1, 0.15) is 27.9 Å². The summed E-state index contributed by atoms with van der Waals surface area (Å²) in [6, 6.07) is 19.3. The third-order valence-corrected chi connectivity index (χ3v) is 6.94. The van der Waals surface area contributed by atoms with Crippen molar-refractivity contribution >= 4 is 27.3 Å². The molecule has 0 saturated heterocycles. The lowest BCUT2D eigenvalue weighted by Crippen LogP contribution is -2.35. The van der Waals surface area contributed by atoms with Crippen molar-refractivity contribution in [2.75, 3.05) is 23.3 Å². The molecule has 1 N–H and O–H groups in total. The first kappa shape index (κ1) is 20.9. The molecule has 0 fully saturated rings. The van der Waals surface area contributed by atoms with Gasteiger partial charge in [0.2, 0.25) is 0 Å². The van der Waals surface area contributed by atoms with E-state index in [1.54, 1.807) is 48.2 Å². The molecule has 0 aliphatic carbocycles. The molecule has 3 aromatic rings. The molecule has 1 aliphatic heterocycles. The maximum absolute atomic E-state index is 13.1. The highest BCUT2D eigenvalue weighted by atomic mass is 32.2. The van der Waals surface area contributed by atoms with E-state index in [1.165, 1.54) is 13.2 Å². The molecular weight excluding hydrogens is 412 g/mol. The van der Waals surface area contributed by atoms with Crippen LogP contribution in [0.15, 0.2) is 71.6 Å². The highest BCUT2D eigenvalue weighted by molar-refractivity contribution is 7.92. The van der Waals surface area contributed by atoms with E-state index in [4.69, 9.17) is 4.74 Å². The minimum absolute atomic E-state index is 0.0902. The summed E-state index contributed by atoms with van der Waals surface area (Å²) in [6.07, 6.45) is 1.71. The Morgan fingerprint density at radius 3 is 2.52 bits per heavy atom. The number of sulfonamides is 1. The van der Waals surface area contributed by atoms with Gasteiger partial charge in [0.05, 0.1) is 17.7 Å². The number of methoxy groups -OCH3 is 1. The fraction of sp³-hybridized carbons (Fsp3) is 0.208. The summed E-state index contributed by atoms with van der Waals surface area (Å²) in [5.74, 6) is 0.507. The number of hydrogen-bond donors (Lipinski definition) is 1. The van der Waals surface area contributed by atoms with Crippen LogP contribution in [0.25, 0.3) is 0 Å². The van der Waals surface area contributed by atoms with Crippen molar-refractivity contribution in [3.05, 3.63) is 83.4 Å². The highest BCUT2D eigenvalue weighted by Gasteiger charge is 2.25. The first-order valence-corrected chi connectivity index (χ1v) is 11.5. The second-order valence-electron chi connectivity index (χ2n) is 7.51. The van der Waals surface area contributed by atoms with Crippen LogP contribution in [0.3, 0.4) is 0 Å². The third kappa shape index (κ3) is 4.27. The summed E-state index contributed by atoms with van der Waals surface area (Å²) in [6.45, 7) is 2.32. The van der Waals surface area contributed by atoms with E-state index in [1.807, 2.05) is 24.3 Å². The van der Waals surface area contributed by atoms with Crippen molar-refractivity contribution < 1.29 is 17.9 Å².